The summed E-state index contributed by atoms with van der Waals surface area (Å²) in [5.74, 6) is -1.34. The highest BCUT2D eigenvalue weighted by atomic mass is 16.2. The van der Waals surface area contributed by atoms with Gasteiger partial charge in [0, 0.05) is 24.2 Å². The van der Waals surface area contributed by atoms with Crippen molar-refractivity contribution in [2.75, 3.05) is 11.4 Å². The summed E-state index contributed by atoms with van der Waals surface area (Å²) in [6.45, 7) is 4.10. The Labute approximate surface area is 152 Å². The smallest absolute Gasteiger partial charge is 0.269 e. The molecule has 0 radical (unpaired) electrons. The fourth-order valence-corrected chi connectivity index (χ4v) is 2.97. The molecule has 0 aromatic heterocycles. The Morgan fingerprint density at radius 3 is 2.38 bits per heavy atom. The topological polar surface area (TPSA) is 78.5 Å². The van der Waals surface area contributed by atoms with E-state index in [-0.39, 0.29) is 24.1 Å². The number of nitrogens with zero attached hydrogens (tertiary/aromatic N) is 1. The van der Waals surface area contributed by atoms with Gasteiger partial charge in [0.1, 0.15) is 0 Å². The van der Waals surface area contributed by atoms with Crippen LogP contribution in [0.3, 0.4) is 0 Å². The number of nitrogens with one attached hydrogen (secondary N) is 2. The zero-order chi connectivity index (χ0) is 18.7. The van der Waals surface area contributed by atoms with Crippen LogP contribution in [-0.4, -0.2) is 24.3 Å². The van der Waals surface area contributed by atoms with Crippen LogP contribution in [-0.2, 0) is 9.59 Å². The van der Waals surface area contributed by atoms with Gasteiger partial charge in [0.2, 0.25) is 11.8 Å². The van der Waals surface area contributed by atoms with Gasteiger partial charge in [0.05, 0.1) is 5.92 Å². The molecule has 6 heteroatoms. The molecule has 26 heavy (non-hydrogen) atoms. The SMILES string of the molecule is Cc1ccc(N2C[C@H](C(=O)NNC(=O)c3ccccc3C)CC2=O)cc1. The van der Waals surface area contributed by atoms with Crippen molar-refractivity contribution in [2.24, 2.45) is 5.92 Å². The third-order valence-electron chi connectivity index (χ3n) is 4.53. The molecule has 1 saturated heterocycles. The van der Waals surface area contributed by atoms with Gasteiger partial charge in [-0.25, -0.2) is 0 Å². The maximum absolute atomic E-state index is 12.3. The Kier molecular flexibility index (Phi) is 5.02. The van der Waals surface area contributed by atoms with Crippen molar-refractivity contribution in [1.82, 2.24) is 10.9 Å². The van der Waals surface area contributed by atoms with Crippen molar-refractivity contribution in [3.8, 4) is 0 Å². The van der Waals surface area contributed by atoms with Crippen LogP contribution in [0.5, 0.6) is 0 Å². The molecule has 1 aliphatic rings. The van der Waals surface area contributed by atoms with Crippen molar-refractivity contribution in [1.29, 1.82) is 0 Å². The van der Waals surface area contributed by atoms with Gasteiger partial charge in [0.15, 0.2) is 0 Å². The Morgan fingerprint density at radius 2 is 1.69 bits per heavy atom. The van der Waals surface area contributed by atoms with Gasteiger partial charge in [-0.15, -0.1) is 0 Å². The number of hydrogen-bond donors (Lipinski definition) is 2. The molecule has 3 amide bonds. The van der Waals surface area contributed by atoms with Gasteiger partial charge >= 0.3 is 0 Å². The molecular formula is C20H21N3O3. The predicted octanol–water partition coefficient (Wildman–Crippen LogP) is 2.12. The maximum Gasteiger partial charge on any atom is 0.269 e. The van der Waals surface area contributed by atoms with Crippen LogP contribution < -0.4 is 15.8 Å². The summed E-state index contributed by atoms with van der Waals surface area (Å²) in [4.78, 5) is 38.3. The summed E-state index contributed by atoms with van der Waals surface area (Å²) in [5, 5.41) is 0. The van der Waals surface area contributed by atoms with Crippen molar-refractivity contribution >= 4 is 23.4 Å². The first-order valence-electron chi connectivity index (χ1n) is 8.48. The van der Waals surface area contributed by atoms with Crippen LogP contribution in [0.25, 0.3) is 0 Å². The third kappa shape index (κ3) is 3.74. The number of rotatable bonds is 3. The van der Waals surface area contributed by atoms with E-state index in [1.807, 2.05) is 50.2 Å². The van der Waals surface area contributed by atoms with Gasteiger partial charge in [0.25, 0.3) is 5.91 Å². The average Bonchev–Trinajstić information content (AvgIpc) is 3.02. The first-order chi connectivity index (χ1) is 12.5. The second kappa shape index (κ2) is 7.39. The lowest BCUT2D eigenvalue weighted by Crippen LogP contribution is -2.45. The number of anilines is 1. The molecule has 1 fully saturated rings. The second-order valence-corrected chi connectivity index (χ2v) is 6.50. The Morgan fingerprint density at radius 1 is 1.00 bits per heavy atom. The molecule has 0 bridgehead atoms. The first kappa shape index (κ1) is 17.7. The molecule has 134 valence electrons. The van der Waals surface area contributed by atoms with Gasteiger partial charge in [-0.3, -0.25) is 25.2 Å². The Balaban J connectivity index is 1.59. The standard InChI is InChI=1S/C20H21N3O3/c1-13-7-9-16(10-8-13)23-12-15(11-18(23)24)19(25)21-22-20(26)17-6-4-3-5-14(17)2/h3-10,15H,11-12H2,1-2H3,(H,21,25)(H,22,26)/t15-/m1/s1. The molecule has 1 aliphatic heterocycles. The predicted molar refractivity (Wildman–Crippen MR) is 98.4 cm³/mol. The lowest BCUT2D eigenvalue weighted by Gasteiger charge is -2.17. The lowest BCUT2D eigenvalue weighted by atomic mass is 10.1. The molecule has 0 aliphatic carbocycles. The first-order valence-corrected chi connectivity index (χ1v) is 8.48. The quantitative estimate of drug-likeness (QED) is 0.832. The molecular weight excluding hydrogens is 330 g/mol. The number of carbonyl (C=O) groups is 3. The molecule has 0 saturated carbocycles. The number of aryl methyl sites for hydroxylation is 2. The fourth-order valence-electron chi connectivity index (χ4n) is 2.97. The third-order valence-corrected chi connectivity index (χ3v) is 4.53. The van der Waals surface area contributed by atoms with Crippen molar-refractivity contribution in [3.05, 3.63) is 65.2 Å². The van der Waals surface area contributed by atoms with Crippen LogP contribution in [0.15, 0.2) is 48.5 Å². The van der Waals surface area contributed by atoms with E-state index in [0.717, 1.165) is 16.8 Å². The second-order valence-electron chi connectivity index (χ2n) is 6.50. The van der Waals surface area contributed by atoms with E-state index in [1.54, 1.807) is 17.0 Å². The molecule has 1 atom stereocenters. The van der Waals surface area contributed by atoms with E-state index in [1.165, 1.54) is 0 Å². The minimum atomic E-state index is -0.499. The number of amides is 3. The van der Waals surface area contributed by atoms with Crippen molar-refractivity contribution in [3.63, 3.8) is 0 Å². The van der Waals surface area contributed by atoms with E-state index >= 15 is 0 Å². The highest BCUT2D eigenvalue weighted by Gasteiger charge is 2.35. The summed E-state index contributed by atoms with van der Waals surface area (Å²) < 4.78 is 0. The number of hydrazine groups is 1. The molecule has 3 rings (SSSR count). The van der Waals surface area contributed by atoms with Crippen LogP contribution >= 0.6 is 0 Å². The van der Waals surface area contributed by atoms with E-state index in [2.05, 4.69) is 10.9 Å². The number of hydrogen-bond acceptors (Lipinski definition) is 3. The zero-order valence-corrected chi connectivity index (χ0v) is 14.8. The maximum atomic E-state index is 12.3. The van der Waals surface area contributed by atoms with Gasteiger partial charge in [-0.05, 0) is 37.6 Å². The summed E-state index contributed by atoms with van der Waals surface area (Å²) in [6, 6.07) is 14.7. The minimum absolute atomic E-state index is 0.0979. The van der Waals surface area contributed by atoms with Gasteiger partial charge in [-0.2, -0.15) is 0 Å². The molecule has 2 aromatic rings. The van der Waals surface area contributed by atoms with Crippen LogP contribution in [0.4, 0.5) is 5.69 Å². The van der Waals surface area contributed by atoms with E-state index < -0.39 is 5.92 Å². The molecule has 1 heterocycles. The van der Waals surface area contributed by atoms with E-state index in [4.69, 9.17) is 0 Å². The van der Waals surface area contributed by atoms with Crippen LogP contribution in [0.1, 0.15) is 27.9 Å². The Hall–Kier alpha value is -3.15. The van der Waals surface area contributed by atoms with Crippen molar-refractivity contribution < 1.29 is 14.4 Å². The molecule has 6 nitrogen and oxygen atoms in total. The summed E-state index contributed by atoms with van der Waals surface area (Å²) in [7, 11) is 0. The normalized spacial score (nSPS) is 16.5. The highest BCUT2D eigenvalue weighted by Crippen LogP contribution is 2.25. The number of benzene rings is 2. The van der Waals surface area contributed by atoms with E-state index in [9.17, 15) is 14.4 Å². The van der Waals surface area contributed by atoms with Crippen molar-refractivity contribution in [2.45, 2.75) is 20.3 Å². The molecule has 2 aromatic carbocycles. The summed E-state index contributed by atoms with van der Waals surface area (Å²) >= 11 is 0. The van der Waals surface area contributed by atoms with Crippen LogP contribution in [0.2, 0.25) is 0 Å². The minimum Gasteiger partial charge on any atom is -0.312 e. The molecule has 0 unspecified atom stereocenters. The summed E-state index contributed by atoms with van der Waals surface area (Å²) in [5.41, 5.74) is 8.06. The average molecular weight is 351 g/mol. The largest absolute Gasteiger partial charge is 0.312 e. The molecule has 0 spiro atoms. The van der Waals surface area contributed by atoms with Gasteiger partial charge < -0.3 is 4.90 Å². The van der Waals surface area contributed by atoms with Gasteiger partial charge in [-0.1, -0.05) is 35.9 Å². The summed E-state index contributed by atoms with van der Waals surface area (Å²) in [6.07, 6.45) is 0.125. The fraction of sp³-hybridized carbons (Fsp3) is 0.250. The number of carbonyl (C=O) groups excluding carboxylic acids is 3. The lowest BCUT2D eigenvalue weighted by molar-refractivity contribution is -0.126. The monoisotopic (exact) mass is 351 g/mol. The Bertz CT molecular complexity index is 846. The molecule has 2 N–H and O–H groups in total. The highest BCUT2D eigenvalue weighted by molar-refractivity contribution is 6.01. The zero-order valence-electron chi connectivity index (χ0n) is 14.8. The van der Waals surface area contributed by atoms with E-state index in [0.29, 0.717) is 12.1 Å². The van der Waals surface area contributed by atoms with Crippen LogP contribution in [0, 0.1) is 19.8 Å².